The maximum Gasteiger partial charge on any atom is 3.00 e. The van der Waals surface area contributed by atoms with Crippen molar-refractivity contribution in [3.63, 3.8) is 0 Å². The molecule has 0 radical (unpaired) electrons. The Morgan fingerprint density at radius 3 is 1.00 bits per heavy atom. The van der Waals surface area contributed by atoms with Crippen LogP contribution in [0.3, 0.4) is 0 Å². The first-order valence-electron chi connectivity index (χ1n) is 0. The van der Waals surface area contributed by atoms with Crippen LogP contribution in [0, 0.1) is 0 Å². The van der Waals surface area contributed by atoms with Crippen LogP contribution >= 0.6 is 9.90 Å². The third-order valence-corrected chi connectivity index (χ3v) is 0. The molecular formula is H6InO3P. The van der Waals surface area contributed by atoms with E-state index >= 15 is 0 Å². The molecule has 0 rings (SSSR count). The summed E-state index contributed by atoms with van der Waals surface area (Å²) in [4.78, 5) is 0. The first-order valence-corrected chi connectivity index (χ1v) is 0. The molecule has 0 aliphatic carbocycles. The predicted octanol–water partition coefficient (Wildman–Crippen LogP) is -1.44. The van der Waals surface area contributed by atoms with E-state index in [9.17, 15) is 0 Å². The zero-order chi connectivity index (χ0) is 0. The minimum absolute atomic E-state index is 0. The maximum atomic E-state index is 0. The van der Waals surface area contributed by atoms with Crippen LogP contribution in [0.4, 0.5) is 0 Å². The quantitative estimate of drug-likeness (QED) is 0.440. The van der Waals surface area contributed by atoms with E-state index in [2.05, 4.69) is 0 Å². The monoisotopic (exact) mass is 200 g/mol. The fourth-order valence-electron chi connectivity index (χ4n) is 0. The van der Waals surface area contributed by atoms with Gasteiger partial charge in [-0.1, -0.05) is 0 Å². The molecule has 0 aliphatic rings. The Labute approximate surface area is 52.5 Å². The fraction of sp³-hybridized carbons (Fsp3) is 0. The van der Waals surface area contributed by atoms with E-state index in [1.54, 1.807) is 0 Å². The Bertz CT molecular complexity index is 6.85. The zero-order valence-electron chi connectivity index (χ0n) is 2.64. The third-order valence-electron chi connectivity index (χ3n) is 0. The van der Waals surface area contributed by atoms with Crippen molar-refractivity contribution in [2.75, 3.05) is 0 Å². The van der Waals surface area contributed by atoms with Crippen molar-refractivity contribution in [2.24, 2.45) is 0 Å². The largest absolute Gasteiger partial charge is 3.00 e. The summed E-state index contributed by atoms with van der Waals surface area (Å²) >= 11 is 0. The van der Waals surface area contributed by atoms with Crippen LogP contribution in [-0.4, -0.2) is 36.8 Å². The number of hydrogen-bond acceptors (Lipinski definition) is 1. The Morgan fingerprint density at radius 1 is 1.00 bits per heavy atom. The molecule has 0 heterocycles. The molecule has 5 heavy (non-hydrogen) atoms. The molecule has 5 heteroatoms. The Hall–Kier alpha value is 1.18. The van der Waals surface area contributed by atoms with Gasteiger partial charge in [0.15, 0.2) is 0 Å². The molecule has 1 unspecified atom stereocenters. The van der Waals surface area contributed by atoms with Gasteiger partial charge in [0.2, 0.25) is 0 Å². The van der Waals surface area contributed by atoms with Crippen LogP contribution in [-0.2, 0) is 5.48 Å². The fourth-order valence-corrected chi connectivity index (χ4v) is 0. The maximum absolute atomic E-state index is 0. The van der Waals surface area contributed by atoms with Gasteiger partial charge in [0.25, 0.3) is 0 Å². The Kier molecular flexibility index (Phi) is 1550. The van der Waals surface area contributed by atoms with E-state index in [0.29, 0.717) is 0 Å². The van der Waals surface area contributed by atoms with Gasteiger partial charge in [0, 0.05) is 0 Å². The molecule has 0 aromatic carbocycles. The topological polar surface area (TPSA) is 90.0 Å². The summed E-state index contributed by atoms with van der Waals surface area (Å²) in [6, 6.07) is 0. The predicted molar refractivity (Wildman–Crippen MR) is 23.1 cm³/mol. The molecule has 0 amide bonds. The van der Waals surface area contributed by atoms with Crippen molar-refractivity contribution in [1.29, 1.82) is 0 Å². The number of hydrogen-bond donors (Lipinski definition) is 0. The van der Waals surface area contributed by atoms with Gasteiger partial charge in [-0.25, -0.2) is 0 Å². The van der Waals surface area contributed by atoms with E-state index in [1.165, 1.54) is 0 Å². The van der Waals surface area contributed by atoms with Crippen molar-refractivity contribution < 1.29 is 16.4 Å². The van der Waals surface area contributed by atoms with Gasteiger partial charge >= 0.3 is 25.8 Å². The molecule has 0 fully saturated rings. The minimum atomic E-state index is 0. The van der Waals surface area contributed by atoms with E-state index in [-0.39, 0.29) is 52.2 Å². The van der Waals surface area contributed by atoms with E-state index in [1.807, 2.05) is 0 Å². The van der Waals surface area contributed by atoms with Crippen molar-refractivity contribution in [3.8, 4) is 0 Å². The summed E-state index contributed by atoms with van der Waals surface area (Å²) in [5.41, 5.74) is 0. The smallest absolute Gasteiger partial charge is 2.00 e. The first kappa shape index (κ1) is 119. The van der Waals surface area contributed by atoms with Gasteiger partial charge in [0.05, 0.1) is 0 Å². The average Bonchev–Trinajstić information content (AvgIpc) is 0. The van der Waals surface area contributed by atoms with Gasteiger partial charge < -0.3 is 16.4 Å². The van der Waals surface area contributed by atoms with Crippen molar-refractivity contribution in [2.45, 2.75) is 0 Å². The number of rotatable bonds is 0. The molecule has 3 N–H and O–H groups in total. The van der Waals surface area contributed by atoms with Gasteiger partial charge in [0.1, 0.15) is 0 Å². The van der Waals surface area contributed by atoms with Gasteiger partial charge in [-0.3, -0.25) is 0 Å². The summed E-state index contributed by atoms with van der Waals surface area (Å²) in [5, 5.41) is 0. The van der Waals surface area contributed by atoms with Crippen LogP contribution in [0.2, 0.25) is 0 Å². The molecule has 32 valence electrons. The van der Waals surface area contributed by atoms with E-state index < -0.39 is 0 Å². The summed E-state index contributed by atoms with van der Waals surface area (Å²) in [7, 11) is 0. The zero-order valence-corrected chi connectivity index (χ0v) is 7.35. The van der Waals surface area contributed by atoms with E-state index in [4.69, 9.17) is 0 Å². The van der Waals surface area contributed by atoms with E-state index in [0.717, 1.165) is 0 Å². The van der Waals surface area contributed by atoms with Crippen molar-refractivity contribution >= 4 is 35.7 Å². The van der Waals surface area contributed by atoms with Crippen molar-refractivity contribution in [1.82, 2.24) is 0 Å². The molecule has 3 nitrogen and oxygen atoms in total. The second kappa shape index (κ2) is 65.0. The molecule has 0 aliphatic heterocycles. The second-order valence-electron chi connectivity index (χ2n) is 0. The molecule has 0 spiro atoms. The Morgan fingerprint density at radius 2 is 1.00 bits per heavy atom. The van der Waals surface area contributed by atoms with Gasteiger partial charge in [-0.05, 0) is 0 Å². The summed E-state index contributed by atoms with van der Waals surface area (Å²) in [6.45, 7) is 0. The van der Waals surface area contributed by atoms with Crippen LogP contribution in [0.5, 0.6) is 0 Å². The second-order valence-corrected chi connectivity index (χ2v) is 0. The van der Waals surface area contributed by atoms with Crippen LogP contribution < -0.4 is 0 Å². The van der Waals surface area contributed by atoms with Crippen molar-refractivity contribution in [3.05, 3.63) is 0 Å². The Balaban J connectivity index is 0. The average molecular weight is 200 g/mol. The normalized spacial score (nSPS) is 0. The SMILES string of the molecule is O.P.[In+3].[O-2].[OH-]. The minimum Gasteiger partial charge on any atom is -2.00 e. The molecule has 0 saturated heterocycles. The van der Waals surface area contributed by atoms with Gasteiger partial charge in [-0.2, -0.15) is 9.90 Å². The molecule has 0 aromatic rings. The van der Waals surface area contributed by atoms with Crippen LogP contribution in [0.15, 0.2) is 0 Å². The third kappa shape index (κ3) is 37.6. The summed E-state index contributed by atoms with van der Waals surface area (Å²) in [6.07, 6.45) is 0. The molecular weight excluding hydrogens is 194 g/mol. The summed E-state index contributed by atoms with van der Waals surface area (Å²) in [5.74, 6) is 0. The van der Waals surface area contributed by atoms with Crippen LogP contribution in [0.25, 0.3) is 0 Å². The summed E-state index contributed by atoms with van der Waals surface area (Å²) < 4.78 is 0. The molecule has 0 saturated carbocycles. The first-order chi connectivity index (χ1) is 0. The van der Waals surface area contributed by atoms with Crippen LogP contribution in [0.1, 0.15) is 0 Å². The molecule has 0 aromatic heterocycles. The van der Waals surface area contributed by atoms with Gasteiger partial charge in [-0.15, -0.1) is 0 Å². The standard InChI is InChI=1S/In.2H2O.O.H3P/h;2*1H2;;1H3/q+3;;;-2;/p-1. The molecule has 1 atom stereocenters. The molecule has 0 bridgehead atoms.